The van der Waals surface area contributed by atoms with Crippen LogP contribution < -0.4 is 10.6 Å². The second-order valence-corrected chi connectivity index (χ2v) is 5.97. The first-order chi connectivity index (χ1) is 12.2. The Morgan fingerprint density at radius 1 is 1.00 bits per heavy atom. The number of benzene rings is 2. The Bertz CT molecular complexity index is 852. The third kappa shape index (κ3) is 4.81. The summed E-state index contributed by atoms with van der Waals surface area (Å²) in [6.45, 7) is 0.574. The summed E-state index contributed by atoms with van der Waals surface area (Å²) in [6.07, 6.45) is 4.00. The average molecular weight is 352 g/mol. The molecule has 0 saturated carbocycles. The smallest absolute Gasteiger partial charge is 0.252 e. The molecule has 0 saturated heterocycles. The largest absolute Gasteiger partial charge is 0.353 e. The van der Waals surface area contributed by atoms with Crippen LogP contribution >= 0.6 is 11.6 Å². The van der Waals surface area contributed by atoms with Gasteiger partial charge in [0.25, 0.3) is 5.91 Å². The van der Waals surface area contributed by atoms with Crippen molar-refractivity contribution in [2.75, 3.05) is 11.9 Å². The van der Waals surface area contributed by atoms with Crippen molar-refractivity contribution < 1.29 is 4.79 Å². The minimum Gasteiger partial charge on any atom is -0.353 e. The van der Waals surface area contributed by atoms with Crippen LogP contribution in [0.4, 0.5) is 11.4 Å². The molecule has 1 aromatic heterocycles. The van der Waals surface area contributed by atoms with E-state index in [1.54, 1.807) is 24.5 Å². The fraction of sp³-hybridized carbons (Fsp3) is 0.100. The number of rotatable bonds is 6. The normalized spacial score (nSPS) is 10.3. The molecular formula is C20H18ClN3O. The lowest BCUT2D eigenvalue weighted by Crippen LogP contribution is -2.25. The van der Waals surface area contributed by atoms with Crippen LogP contribution in [0.3, 0.4) is 0 Å². The van der Waals surface area contributed by atoms with Crippen molar-refractivity contribution in [2.45, 2.75) is 6.42 Å². The molecule has 1 heterocycles. The summed E-state index contributed by atoms with van der Waals surface area (Å²) in [5, 5.41) is 6.70. The number of aromatic nitrogens is 1. The highest BCUT2D eigenvalue weighted by Crippen LogP contribution is 2.24. The van der Waals surface area contributed by atoms with Gasteiger partial charge in [-0.25, -0.2) is 0 Å². The van der Waals surface area contributed by atoms with Crippen molar-refractivity contribution in [2.24, 2.45) is 0 Å². The minimum absolute atomic E-state index is 0.147. The molecule has 0 bridgehead atoms. The van der Waals surface area contributed by atoms with Crippen LogP contribution in [0.25, 0.3) is 0 Å². The highest BCUT2D eigenvalue weighted by Gasteiger charge is 2.07. The number of pyridine rings is 1. The number of hydrogen-bond donors (Lipinski definition) is 2. The van der Waals surface area contributed by atoms with Crippen molar-refractivity contribution in [3.63, 3.8) is 0 Å². The van der Waals surface area contributed by atoms with Crippen LogP contribution in [-0.4, -0.2) is 17.4 Å². The molecular weight excluding hydrogens is 334 g/mol. The summed E-state index contributed by atoms with van der Waals surface area (Å²) in [5.41, 5.74) is 3.18. The molecule has 2 N–H and O–H groups in total. The average Bonchev–Trinajstić information content (AvgIpc) is 2.65. The zero-order valence-electron chi connectivity index (χ0n) is 13.6. The predicted molar refractivity (Wildman–Crippen MR) is 101 cm³/mol. The molecule has 4 nitrogen and oxygen atoms in total. The number of nitrogens with zero attached hydrogens (tertiary/aromatic N) is 1. The van der Waals surface area contributed by atoms with Gasteiger partial charge in [0, 0.05) is 12.7 Å². The van der Waals surface area contributed by atoms with Crippen LogP contribution in [0, 0.1) is 0 Å². The lowest BCUT2D eigenvalue weighted by atomic mass is 10.1. The fourth-order valence-electron chi connectivity index (χ4n) is 2.42. The topological polar surface area (TPSA) is 54.0 Å². The molecule has 0 aliphatic heterocycles. The minimum atomic E-state index is -0.147. The molecule has 2 aromatic carbocycles. The van der Waals surface area contributed by atoms with Gasteiger partial charge in [-0.05, 0) is 30.2 Å². The highest BCUT2D eigenvalue weighted by atomic mass is 35.5. The van der Waals surface area contributed by atoms with Crippen molar-refractivity contribution in [3.8, 4) is 0 Å². The third-order valence-electron chi connectivity index (χ3n) is 3.70. The number of nitrogens with one attached hydrogen (secondary N) is 2. The number of para-hydroxylation sites is 1. The Kier molecular flexibility index (Phi) is 5.65. The maximum absolute atomic E-state index is 12.3. The zero-order valence-corrected chi connectivity index (χ0v) is 14.3. The molecule has 126 valence electrons. The highest BCUT2D eigenvalue weighted by molar-refractivity contribution is 6.33. The second-order valence-electron chi connectivity index (χ2n) is 5.56. The van der Waals surface area contributed by atoms with Gasteiger partial charge in [0.1, 0.15) is 0 Å². The van der Waals surface area contributed by atoms with E-state index in [0.29, 0.717) is 22.8 Å². The first kappa shape index (κ1) is 17.0. The first-order valence-electron chi connectivity index (χ1n) is 8.01. The van der Waals surface area contributed by atoms with E-state index < -0.39 is 0 Å². The van der Waals surface area contributed by atoms with E-state index in [9.17, 15) is 4.79 Å². The Morgan fingerprint density at radius 2 is 1.76 bits per heavy atom. The van der Waals surface area contributed by atoms with E-state index >= 15 is 0 Å². The van der Waals surface area contributed by atoms with Gasteiger partial charge in [-0.2, -0.15) is 0 Å². The standard InChI is InChI=1S/C20H18ClN3O/c21-18-8-4-5-9-19(18)24-17-12-16(13-22-14-17)20(25)23-11-10-15-6-2-1-3-7-15/h1-9,12-14,24H,10-11H2,(H,23,25). The monoisotopic (exact) mass is 351 g/mol. The van der Waals surface area contributed by atoms with Crippen LogP contribution in [0.15, 0.2) is 73.1 Å². The molecule has 0 atom stereocenters. The predicted octanol–water partition coefficient (Wildman–Crippen LogP) is 4.45. The molecule has 1 amide bonds. The maximum atomic E-state index is 12.3. The number of amides is 1. The molecule has 0 aliphatic rings. The summed E-state index contributed by atoms with van der Waals surface area (Å²) in [5.74, 6) is -0.147. The van der Waals surface area contributed by atoms with E-state index in [-0.39, 0.29) is 5.91 Å². The van der Waals surface area contributed by atoms with Gasteiger partial charge in [0.05, 0.1) is 28.2 Å². The fourth-order valence-corrected chi connectivity index (χ4v) is 2.60. The van der Waals surface area contributed by atoms with E-state index in [0.717, 1.165) is 12.1 Å². The Balaban J connectivity index is 1.60. The van der Waals surface area contributed by atoms with Gasteiger partial charge in [0.15, 0.2) is 0 Å². The van der Waals surface area contributed by atoms with Gasteiger partial charge in [-0.3, -0.25) is 9.78 Å². The molecule has 0 fully saturated rings. The number of halogens is 1. The summed E-state index contributed by atoms with van der Waals surface area (Å²) in [6, 6.07) is 19.2. The van der Waals surface area contributed by atoms with Crippen molar-refractivity contribution in [1.29, 1.82) is 0 Å². The molecule has 0 unspecified atom stereocenters. The van der Waals surface area contributed by atoms with Gasteiger partial charge in [0.2, 0.25) is 0 Å². The van der Waals surface area contributed by atoms with Gasteiger partial charge < -0.3 is 10.6 Å². The van der Waals surface area contributed by atoms with Crippen molar-refractivity contribution in [1.82, 2.24) is 10.3 Å². The second kappa shape index (κ2) is 8.31. The lowest BCUT2D eigenvalue weighted by Gasteiger charge is -2.10. The zero-order chi connectivity index (χ0) is 17.5. The van der Waals surface area contributed by atoms with E-state index in [1.165, 1.54) is 5.56 Å². The molecule has 0 radical (unpaired) electrons. The molecule has 0 spiro atoms. The Labute approximate surface area is 151 Å². The molecule has 25 heavy (non-hydrogen) atoms. The molecule has 3 aromatic rings. The molecule has 5 heteroatoms. The van der Waals surface area contributed by atoms with Crippen molar-refractivity contribution in [3.05, 3.63) is 89.2 Å². The van der Waals surface area contributed by atoms with Crippen molar-refractivity contribution >= 4 is 28.9 Å². The van der Waals surface area contributed by atoms with E-state index in [1.807, 2.05) is 48.5 Å². The molecule has 0 aliphatic carbocycles. The Hall–Kier alpha value is -2.85. The number of carbonyl (C=O) groups excluding carboxylic acids is 1. The number of carbonyl (C=O) groups is 1. The number of anilines is 2. The first-order valence-corrected chi connectivity index (χ1v) is 8.39. The SMILES string of the molecule is O=C(NCCc1ccccc1)c1cncc(Nc2ccccc2Cl)c1. The van der Waals surface area contributed by atoms with E-state index in [4.69, 9.17) is 11.6 Å². The van der Waals surface area contributed by atoms with Crippen LogP contribution in [0.2, 0.25) is 5.02 Å². The third-order valence-corrected chi connectivity index (χ3v) is 4.02. The van der Waals surface area contributed by atoms with Crippen LogP contribution in [-0.2, 0) is 6.42 Å². The summed E-state index contributed by atoms with van der Waals surface area (Å²) < 4.78 is 0. The van der Waals surface area contributed by atoms with Gasteiger partial charge >= 0.3 is 0 Å². The molecule has 3 rings (SSSR count). The van der Waals surface area contributed by atoms with E-state index in [2.05, 4.69) is 15.6 Å². The maximum Gasteiger partial charge on any atom is 0.252 e. The number of hydrogen-bond acceptors (Lipinski definition) is 3. The summed E-state index contributed by atoms with van der Waals surface area (Å²) >= 11 is 6.14. The van der Waals surface area contributed by atoms with Crippen LogP contribution in [0.5, 0.6) is 0 Å². The van der Waals surface area contributed by atoms with Crippen LogP contribution in [0.1, 0.15) is 15.9 Å². The van der Waals surface area contributed by atoms with Gasteiger partial charge in [-0.15, -0.1) is 0 Å². The summed E-state index contributed by atoms with van der Waals surface area (Å²) in [4.78, 5) is 16.4. The Morgan fingerprint density at radius 3 is 2.56 bits per heavy atom. The summed E-state index contributed by atoms with van der Waals surface area (Å²) in [7, 11) is 0. The lowest BCUT2D eigenvalue weighted by molar-refractivity contribution is 0.0954. The quantitative estimate of drug-likeness (QED) is 0.689. The van der Waals surface area contributed by atoms with Gasteiger partial charge in [-0.1, -0.05) is 54.1 Å².